The fraction of sp³-hybridized carbons (Fsp3) is 0.600. The summed E-state index contributed by atoms with van der Waals surface area (Å²) in [6.45, 7) is 8.99. The molecule has 3 fully saturated rings. The summed E-state index contributed by atoms with van der Waals surface area (Å²) in [5.74, 6) is 0.585. The van der Waals surface area contributed by atoms with Gasteiger partial charge >= 0.3 is 0 Å². The van der Waals surface area contributed by atoms with E-state index in [1.54, 1.807) is 0 Å². The molecule has 1 aliphatic heterocycles. The largest absolute Gasteiger partial charge is 0.370 e. The Morgan fingerprint density at radius 2 is 1.59 bits per heavy atom. The van der Waals surface area contributed by atoms with Gasteiger partial charge in [0.15, 0.2) is 0 Å². The second kappa shape index (κ2) is 13.0. The molecule has 2 aliphatic carbocycles. The maximum atomic E-state index is 13.4. The van der Waals surface area contributed by atoms with Crippen LogP contribution < -0.4 is 16.0 Å². The number of amides is 2. The van der Waals surface area contributed by atoms with Crippen LogP contribution in [0.15, 0.2) is 42.5 Å². The fourth-order valence-corrected chi connectivity index (χ4v) is 6.49. The average molecular weight is 559 g/mol. The van der Waals surface area contributed by atoms with Crippen molar-refractivity contribution < 1.29 is 9.59 Å². The number of anilines is 2. The molecule has 1 saturated heterocycles. The molecule has 1 heterocycles. The topological polar surface area (TPSA) is 78.7 Å². The Kier molecular flexibility index (Phi) is 9.38. The van der Waals surface area contributed by atoms with Gasteiger partial charge in [0.05, 0.1) is 11.4 Å². The van der Waals surface area contributed by atoms with Gasteiger partial charge in [-0.15, -0.1) is 0 Å². The summed E-state index contributed by atoms with van der Waals surface area (Å²) in [5, 5.41) is 3.28. The smallest absolute Gasteiger partial charge is 0.226 e. The molecule has 2 aromatic carbocycles. The Bertz CT molecular complexity index is 1200. The summed E-state index contributed by atoms with van der Waals surface area (Å²) in [7, 11) is 0. The van der Waals surface area contributed by atoms with E-state index in [1.165, 1.54) is 25.7 Å². The molecule has 41 heavy (non-hydrogen) atoms. The van der Waals surface area contributed by atoms with Crippen LogP contribution in [0.5, 0.6) is 0 Å². The van der Waals surface area contributed by atoms with E-state index in [1.807, 2.05) is 0 Å². The third-order valence-corrected chi connectivity index (χ3v) is 8.91. The van der Waals surface area contributed by atoms with E-state index < -0.39 is 0 Å². The molecule has 6 heteroatoms. The number of carbonyl (C=O) groups is 2. The molecular weight excluding hydrogens is 508 g/mol. The van der Waals surface area contributed by atoms with Crippen molar-refractivity contribution in [3.63, 3.8) is 0 Å². The molecule has 0 bridgehead atoms. The molecule has 0 radical (unpaired) electrons. The van der Waals surface area contributed by atoms with Crippen molar-refractivity contribution in [2.24, 2.45) is 17.1 Å². The third kappa shape index (κ3) is 8.12. The van der Waals surface area contributed by atoms with Crippen LogP contribution in [0, 0.1) is 11.3 Å². The van der Waals surface area contributed by atoms with Crippen molar-refractivity contribution in [1.29, 1.82) is 0 Å². The zero-order valence-corrected chi connectivity index (χ0v) is 25.5. The molecule has 0 unspecified atom stereocenters. The number of nitrogens with one attached hydrogen (secondary N) is 1. The summed E-state index contributed by atoms with van der Waals surface area (Å²) >= 11 is 0. The molecule has 3 aliphatic rings. The zero-order chi connectivity index (χ0) is 29.0. The molecule has 2 aromatic rings. The first-order valence-corrected chi connectivity index (χ1v) is 16.0. The predicted octanol–water partition coefficient (Wildman–Crippen LogP) is 7.12. The summed E-state index contributed by atoms with van der Waals surface area (Å²) in [5.41, 5.74) is 11.5. The minimum atomic E-state index is -0.0774. The molecule has 222 valence electrons. The van der Waals surface area contributed by atoms with Gasteiger partial charge < -0.3 is 20.9 Å². The average Bonchev–Trinajstić information content (AvgIpc) is 3.79. The number of rotatable bonds is 8. The first kappa shape index (κ1) is 29.6. The highest BCUT2D eigenvalue weighted by molar-refractivity contribution is 5.96. The maximum absolute atomic E-state index is 13.4. The number of hydrogen-bond acceptors (Lipinski definition) is 4. The van der Waals surface area contributed by atoms with Crippen LogP contribution in [0.2, 0.25) is 0 Å². The SMILES string of the molecule is CC(C)(C)CC(=O)Nc1cc(-c2cccc(CN(C(=O)C3CC3)C3CCC(N)CC3)c2)ccc1N1CCCCCC1. The van der Waals surface area contributed by atoms with Crippen molar-refractivity contribution in [2.75, 3.05) is 23.3 Å². The molecule has 2 amide bonds. The molecule has 6 nitrogen and oxygen atoms in total. The van der Waals surface area contributed by atoms with Crippen LogP contribution in [0.3, 0.4) is 0 Å². The Balaban J connectivity index is 1.40. The van der Waals surface area contributed by atoms with Crippen molar-refractivity contribution in [3.8, 4) is 11.1 Å². The molecule has 0 spiro atoms. The van der Waals surface area contributed by atoms with E-state index in [-0.39, 0.29) is 29.3 Å². The van der Waals surface area contributed by atoms with Crippen LogP contribution in [-0.4, -0.2) is 41.9 Å². The van der Waals surface area contributed by atoms with Crippen molar-refractivity contribution in [3.05, 3.63) is 48.0 Å². The molecular formula is C35H50N4O2. The fourth-order valence-electron chi connectivity index (χ4n) is 6.49. The van der Waals surface area contributed by atoms with Crippen molar-refractivity contribution in [1.82, 2.24) is 4.90 Å². The Labute approximate surface area is 247 Å². The van der Waals surface area contributed by atoms with Gasteiger partial charge in [-0.05, 0) is 91.7 Å². The molecule has 5 rings (SSSR count). The second-order valence-electron chi connectivity index (χ2n) is 13.9. The van der Waals surface area contributed by atoms with Gasteiger partial charge in [0.25, 0.3) is 0 Å². The highest BCUT2D eigenvalue weighted by atomic mass is 16.2. The number of nitrogens with two attached hydrogens (primary N) is 1. The predicted molar refractivity (Wildman–Crippen MR) is 169 cm³/mol. The normalized spacial score (nSPS) is 21.7. The van der Waals surface area contributed by atoms with Gasteiger partial charge in [0, 0.05) is 44.1 Å². The second-order valence-corrected chi connectivity index (χ2v) is 13.9. The molecule has 0 atom stereocenters. The van der Waals surface area contributed by atoms with Crippen LogP contribution in [-0.2, 0) is 16.1 Å². The zero-order valence-electron chi connectivity index (χ0n) is 25.5. The van der Waals surface area contributed by atoms with E-state index in [2.05, 4.69) is 78.4 Å². The molecule has 0 aromatic heterocycles. The van der Waals surface area contributed by atoms with E-state index in [0.717, 1.165) is 79.7 Å². The quantitative estimate of drug-likeness (QED) is 0.362. The number of carbonyl (C=O) groups excluding carboxylic acids is 2. The lowest BCUT2D eigenvalue weighted by Crippen LogP contribution is -2.44. The molecule has 2 saturated carbocycles. The first-order chi connectivity index (χ1) is 19.7. The number of hydrogen-bond donors (Lipinski definition) is 2. The molecule has 3 N–H and O–H groups in total. The van der Waals surface area contributed by atoms with Crippen molar-refractivity contribution in [2.45, 2.75) is 110 Å². The summed E-state index contributed by atoms with van der Waals surface area (Å²) in [6.07, 6.45) is 11.4. The lowest BCUT2D eigenvalue weighted by molar-refractivity contribution is -0.136. The van der Waals surface area contributed by atoms with Crippen LogP contribution in [0.4, 0.5) is 11.4 Å². The van der Waals surface area contributed by atoms with Gasteiger partial charge in [-0.1, -0.05) is 57.9 Å². The van der Waals surface area contributed by atoms with Gasteiger partial charge in [-0.3, -0.25) is 9.59 Å². The van der Waals surface area contributed by atoms with Gasteiger partial charge in [-0.25, -0.2) is 0 Å². The maximum Gasteiger partial charge on any atom is 0.226 e. The van der Waals surface area contributed by atoms with E-state index in [4.69, 9.17) is 5.73 Å². The Morgan fingerprint density at radius 3 is 2.24 bits per heavy atom. The standard InChI is InChI=1S/C35H50N4O2/c1-35(2,3)23-33(40)37-31-22-28(13-18-32(31)38-19-6-4-5-7-20-38)27-10-8-9-25(21-27)24-39(34(41)26-11-12-26)30-16-14-29(36)15-17-30/h8-10,13,18,21-22,26,29-30H,4-7,11-12,14-17,19-20,23-24,36H2,1-3H3,(H,37,40). The number of nitrogens with zero attached hydrogens (tertiary/aromatic N) is 2. The van der Waals surface area contributed by atoms with E-state index in [0.29, 0.717) is 18.9 Å². The highest BCUT2D eigenvalue weighted by Gasteiger charge is 2.37. The third-order valence-electron chi connectivity index (χ3n) is 8.91. The van der Waals surface area contributed by atoms with E-state index in [9.17, 15) is 9.59 Å². The minimum Gasteiger partial charge on any atom is -0.370 e. The van der Waals surface area contributed by atoms with E-state index >= 15 is 0 Å². The van der Waals surface area contributed by atoms with Crippen LogP contribution in [0.1, 0.15) is 97.0 Å². The Hall–Kier alpha value is -2.86. The minimum absolute atomic E-state index is 0.0564. The lowest BCUT2D eigenvalue weighted by atomic mass is 9.90. The summed E-state index contributed by atoms with van der Waals surface area (Å²) in [6, 6.07) is 15.7. The number of benzene rings is 2. The van der Waals surface area contributed by atoms with Gasteiger partial charge in [0.1, 0.15) is 0 Å². The Morgan fingerprint density at radius 1 is 0.902 bits per heavy atom. The summed E-state index contributed by atoms with van der Waals surface area (Å²) in [4.78, 5) is 31.0. The van der Waals surface area contributed by atoms with Gasteiger partial charge in [-0.2, -0.15) is 0 Å². The monoisotopic (exact) mass is 558 g/mol. The van der Waals surface area contributed by atoms with Crippen LogP contribution >= 0.6 is 0 Å². The highest BCUT2D eigenvalue weighted by Crippen LogP contribution is 2.36. The first-order valence-electron chi connectivity index (χ1n) is 16.0. The van der Waals surface area contributed by atoms with Gasteiger partial charge in [0.2, 0.25) is 11.8 Å². The summed E-state index contributed by atoms with van der Waals surface area (Å²) < 4.78 is 0. The van der Waals surface area contributed by atoms with Crippen LogP contribution in [0.25, 0.3) is 11.1 Å². The van der Waals surface area contributed by atoms with Crippen molar-refractivity contribution >= 4 is 23.2 Å². The lowest BCUT2D eigenvalue weighted by Gasteiger charge is -2.36.